The summed E-state index contributed by atoms with van der Waals surface area (Å²) in [5.74, 6) is 1.16. The standard InChI is InChI=1S/C21H30N2O3/c1-16(7-8-17(2)24)6-4-5-12-23-13-11-18-14-19(26-3)9-10-20(18)21(15-23)22-25/h7-10,14,21,24H,4-6,11-13,15H2,1-3H3/b16-7+,17-8+. The maximum atomic E-state index is 11.4. The molecule has 0 spiro atoms. The molecule has 0 saturated heterocycles. The summed E-state index contributed by atoms with van der Waals surface area (Å²) in [7, 11) is 1.66. The van der Waals surface area contributed by atoms with E-state index in [9.17, 15) is 10.0 Å². The van der Waals surface area contributed by atoms with E-state index in [1.165, 1.54) is 11.1 Å². The number of aliphatic hydroxyl groups is 1. The molecule has 0 bridgehead atoms. The summed E-state index contributed by atoms with van der Waals surface area (Å²) in [5, 5.41) is 12.6. The van der Waals surface area contributed by atoms with E-state index in [0.29, 0.717) is 12.3 Å². The Morgan fingerprint density at radius 3 is 2.85 bits per heavy atom. The lowest BCUT2D eigenvalue weighted by molar-refractivity contribution is 0.263. The summed E-state index contributed by atoms with van der Waals surface area (Å²) in [6.45, 7) is 6.35. The van der Waals surface area contributed by atoms with Crippen molar-refractivity contribution in [2.75, 3.05) is 26.7 Å². The Bertz CT molecular complexity index is 663. The quantitative estimate of drug-likeness (QED) is 0.309. The molecular formula is C21H30N2O3. The highest BCUT2D eigenvalue weighted by Crippen LogP contribution is 2.29. The van der Waals surface area contributed by atoms with Crippen molar-refractivity contribution in [3.05, 3.63) is 57.7 Å². The Hall–Kier alpha value is -2.14. The largest absolute Gasteiger partial charge is 0.513 e. The van der Waals surface area contributed by atoms with Crippen LogP contribution in [0.1, 0.15) is 50.3 Å². The first-order valence-electron chi connectivity index (χ1n) is 9.28. The van der Waals surface area contributed by atoms with Crippen molar-refractivity contribution in [1.29, 1.82) is 0 Å². The van der Waals surface area contributed by atoms with Crippen LogP contribution >= 0.6 is 0 Å². The highest BCUT2D eigenvalue weighted by Gasteiger charge is 2.23. The summed E-state index contributed by atoms with van der Waals surface area (Å²) in [6.07, 6.45) is 7.81. The van der Waals surface area contributed by atoms with Crippen LogP contribution < -0.4 is 4.74 Å². The molecule has 1 aromatic rings. The average Bonchev–Trinajstić information content (AvgIpc) is 2.82. The fraction of sp³-hybridized carbons (Fsp3) is 0.524. The second-order valence-corrected chi connectivity index (χ2v) is 7.01. The minimum Gasteiger partial charge on any atom is -0.513 e. The molecule has 1 heterocycles. The normalized spacial score (nSPS) is 19.0. The van der Waals surface area contributed by atoms with E-state index in [2.05, 4.69) is 17.0 Å². The second kappa shape index (κ2) is 10.1. The van der Waals surface area contributed by atoms with Gasteiger partial charge in [-0.3, -0.25) is 0 Å². The van der Waals surface area contributed by atoms with Crippen molar-refractivity contribution in [3.8, 4) is 5.75 Å². The Labute approximate surface area is 156 Å². The van der Waals surface area contributed by atoms with Crippen molar-refractivity contribution in [1.82, 2.24) is 4.90 Å². The number of methoxy groups -OCH3 is 1. The third-order valence-corrected chi connectivity index (χ3v) is 4.87. The maximum absolute atomic E-state index is 11.4. The molecule has 0 saturated carbocycles. The predicted molar refractivity (Wildman–Crippen MR) is 106 cm³/mol. The summed E-state index contributed by atoms with van der Waals surface area (Å²) in [4.78, 5) is 13.7. The van der Waals surface area contributed by atoms with Crippen molar-refractivity contribution in [3.63, 3.8) is 0 Å². The average molecular weight is 358 g/mol. The Balaban J connectivity index is 1.88. The monoisotopic (exact) mass is 358 g/mol. The van der Waals surface area contributed by atoms with Gasteiger partial charge >= 0.3 is 0 Å². The van der Waals surface area contributed by atoms with Gasteiger partial charge in [0, 0.05) is 13.1 Å². The molecule has 1 unspecified atom stereocenters. The van der Waals surface area contributed by atoms with E-state index in [0.717, 1.165) is 50.1 Å². The van der Waals surface area contributed by atoms with Gasteiger partial charge in [0.1, 0.15) is 11.8 Å². The smallest absolute Gasteiger partial charge is 0.130 e. The number of aliphatic hydroxyl groups excluding tert-OH is 1. The van der Waals surface area contributed by atoms with Crippen LogP contribution in [-0.2, 0) is 6.42 Å². The zero-order valence-corrected chi connectivity index (χ0v) is 16.1. The molecule has 0 fully saturated rings. The van der Waals surface area contributed by atoms with Gasteiger partial charge in [-0.05, 0) is 75.4 Å². The minimum atomic E-state index is -0.308. The number of rotatable bonds is 8. The van der Waals surface area contributed by atoms with Crippen LogP contribution in [0.4, 0.5) is 0 Å². The molecule has 26 heavy (non-hydrogen) atoms. The molecule has 0 radical (unpaired) electrons. The molecule has 5 nitrogen and oxygen atoms in total. The highest BCUT2D eigenvalue weighted by atomic mass is 16.5. The van der Waals surface area contributed by atoms with Gasteiger partial charge in [0.05, 0.1) is 12.9 Å². The van der Waals surface area contributed by atoms with Gasteiger partial charge in [0.2, 0.25) is 0 Å². The highest BCUT2D eigenvalue weighted by molar-refractivity contribution is 5.38. The number of benzene rings is 1. The van der Waals surface area contributed by atoms with E-state index in [1.54, 1.807) is 20.1 Å². The van der Waals surface area contributed by atoms with Gasteiger partial charge in [-0.1, -0.05) is 22.9 Å². The van der Waals surface area contributed by atoms with Crippen molar-refractivity contribution in [2.24, 2.45) is 5.18 Å². The summed E-state index contributed by atoms with van der Waals surface area (Å²) in [6, 6.07) is 5.61. The Kier molecular flexibility index (Phi) is 7.85. The zero-order chi connectivity index (χ0) is 18.9. The van der Waals surface area contributed by atoms with Crippen molar-refractivity contribution in [2.45, 2.75) is 45.6 Å². The first kappa shape index (κ1) is 20.2. The van der Waals surface area contributed by atoms with Gasteiger partial charge in [0.25, 0.3) is 0 Å². The number of hydrogen-bond acceptors (Lipinski definition) is 5. The van der Waals surface area contributed by atoms with E-state index in [4.69, 9.17) is 4.74 Å². The predicted octanol–water partition coefficient (Wildman–Crippen LogP) is 4.94. The van der Waals surface area contributed by atoms with Crippen LogP contribution in [0, 0.1) is 4.91 Å². The second-order valence-electron chi connectivity index (χ2n) is 7.01. The Morgan fingerprint density at radius 1 is 1.35 bits per heavy atom. The number of nitrogens with zero attached hydrogens (tertiary/aromatic N) is 2. The molecule has 0 aliphatic carbocycles. The van der Waals surface area contributed by atoms with Gasteiger partial charge in [0.15, 0.2) is 0 Å². The number of hydrogen-bond donors (Lipinski definition) is 1. The van der Waals surface area contributed by atoms with Crippen LogP contribution in [0.3, 0.4) is 0 Å². The molecule has 5 heteroatoms. The summed E-state index contributed by atoms with van der Waals surface area (Å²) >= 11 is 0. The number of unbranched alkanes of at least 4 members (excludes halogenated alkanes) is 1. The molecule has 2 rings (SSSR count). The molecule has 1 aliphatic rings. The molecule has 142 valence electrons. The molecule has 1 N–H and O–H groups in total. The van der Waals surface area contributed by atoms with Gasteiger partial charge in [-0.25, -0.2) is 0 Å². The molecule has 0 amide bonds. The van der Waals surface area contributed by atoms with Crippen LogP contribution in [0.5, 0.6) is 5.75 Å². The first-order chi connectivity index (χ1) is 12.5. The lowest BCUT2D eigenvalue weighted by atomic mass is 10.00. The van der Waals surface area contributed by atoms with Crippen LogP contribution in [0.25, 0.3) is 0 Å². The van der Waals surface area contributed by atoms with E-state index < -0.39 is 0 Å². The van der Waals surface area contributed by atoms with Gasteiger partial charge in [-0.15, -0.1) is 0 Å². The van der Waals surface area contributed by atoms with Crippen LogP contribution in [0.15, 0.2) is 46.9 Å². The van der Waals surface area contributed by atoms with E-state index >= 15 is 0 Å². The topological polar surface area (TPSA) is 62.1 Å². The lowest BCUT2D eigenvalue weighted by Gasteiger charge is -2.21. The van der Waals surface area contributed by atoms with Crippen LogP contribution in [-0.4, -0.2) is 36.8 Å². The lowest BCUT2D eigenvalue weighted by Crippen LogP contribution is -2.29. The SMILES string of the molecule is COc1ccc2c(c1)CCN(CCCC/C(C)=C/C=C(\C)O)CC2N=O. The van der Waals surface area contributed by atoms with E-state index in [-0.39, 0.29) is 6.04 Å². The Morgan fingerprint density at radius 2 is 2.15 bits per heavy atom. The fourth-order valence-corrected chi connectivity index (χ4v) is 3.34. The van der Waals surface area contributed by atoms with Crippen molar-refractivity contribution >= 4 is 0 Å². The van der Waals surface area contributed by atoms with E-state index in [1.807, 2.05) is 24.3 Å². The number of fused-ring (bicyclic) bond motifs is 1. The molecule has 1 aromatic carbocycles. The molecule has 1 aliphatic heterocycles. The maximum Gasteiger partial charge on any atom is 0.130 e. The summed E-state index contributed by atoms with van der Waals surface area (Å²) in [5.41, 5.74) is 3.47. The summed E-state index contributed by atoms with van der Waals surface area (Å²) < 4.78 is 5.31. The number of allylic oxidation sites excluding steroid dienone is 4. The minimum absolute atomic E-state index is 0.308. The number of nitroso groups, excluding NO2 is 1. The zero-order valence-electron chi connectivity index (χ0n) is 16.1. The molecule has 0 aromatic heterocycles. The van der Waals surface area contributed by atoms with Gasteiger partial charge in [-0.2, -0.15) is 4.91 Å². The third kappa shape index (κ3) is 5.99. The molecule has 1 atom stereocenters. The molecular weight excluding hydrogens is 328 g/mol. The van der Waals surface area contributed by atoms with Crippen molar-refractivity contribution < 1.29 is 9.84 Å². The van der Waals surface area contributed by atoms with Gasteiger partial charge < -0.3 is 14.7 Å². The van der Waals surface area contributed by atoms with Crippen LogP contribution in [0.2, 0.25) is 0 Å². The third-order valence-electron chi connectivity index (χ3n) is 4.87. The fourth-order valence-electron chi connectivity index (χ4n) is 3.34. The number of ether oxygens (including phenoxy) is 1. The first-order valence-corrected chi connectivity index (χ1v) is 9.28.